The number of likely N-dealkylation sites (N-methyl/N-ethyl adjacent to an activating group) is 1. The Morgan fingerprint density at radius 1 is 1.28 bits per heavy atom. The van der Waals surface area contributed by atoms with Crippen LogP contribution in [0.4, 0.5) is 5.69 Å². The molecule has 5 heteroatoms. The molecule has 0 unspecified atom stereocenters. The molecule has 1 aromatic rings. The number of nitrogens with two attached hydrogens (primary N) is 1. The van der Waals surface area contributed by atoms with E-state index < -0.39 is 6.04 Å². The molecule has 18 heavy (non-hydrogen) atoms. The van der Waals surface area contributed by atoms with Gasteiger partial charge in [0, 0.05) is 12.2 Å². The molecule has 0 aliphatic carbocycles. The van der Waals surface area contributed by atoms with Crippen molar-refractivity contribution in [1.29, 1.82) is 0 Å². The van der Waals surface area contributed by atoms with Gasteiger partial charge in [-0.1, -0.05) is 12.1 Å². The monoisotopic (exact) mass is 249 g/mol. The van der Waals surface area contributed by atoms with Crippen molar-refractivity contribution < 1.29 is 9.59 Å². The van der Waals surface area contributed by atoms with Gasteiger partial charge in [-0.2, -0.15) is 0 Å². The van der Waals surface area contributed by atoms with Gasteiger partial charge in [-0.25, -0.2) is 0 Å². The van der Waals surface area contributed by atoms with Gasteiger partial charge in [-0.05, 0) is 31.5 Å². The minimum atomic E-state index is -0.542. The van der Waals surface area contributed by atoms with E-state index in [-0.39, 0.29) is 11.8 Å². The maximum atomic E-state index is 11.4. The van der Waals surface area contributed by atoms with Crippen LogP contribution in [0.15, 0.2) is 24.3 Å². The van der Waals surface area contributed by atoms with Crippen molar-refractivity contribution in [3.05, 3.63) is 29.8 Å². The number of hydrogen-bond donors (Lipinski definition) is 3. The van der Waals surface area contributed by atoms with E-state index in [0.29, 0.717) is 18.7 Å². The molecule has 4 N–H and O–H groups in total. The van der Waals surface area contributed by atoms with E-state index in [1.165, 1.54) is 0 Å². The first-order chi connectivity index (χ1) is 8.52. The van der Waals surface area contributed by atoms with Gasteiger partial charge in [0.05, 0.1) is 12.5 Å². The maximum absolute atomic E-state index is 11.4. The summed E-state index contributed by atoms with van der Waals surface area (Å²) in [5.74, 6) is -0.239. The molecule has 5 nitrogen and oxygen atoms in total. The summed E-state index contributed by atoms with van der Waals surface area (Å²) in [6.45, 7) is 4.13. The molecule has 2 amide bonds. The lowest BCUT2D eigenvalue weighted by Gasteiger charge is -2.08. The van der Waals surface area contributed by atoms with E-state index in [1.807, 2.05) is 19.1 Å². The number of nitrogens with one attached hydrogen (secondary N) is 2. The lowest BCUT2D eigenvalue weighted by Crippen LogP contribution is -2.32. The van der Waals surface area contributed by atoms with Crippen LogP contribution in [0.1, 0.15) is 19.4 Å². The zero-order valence-electron chi connectivity index (χ0n) is 10.7. The third-order valence-electron chi connectivity index (χ3n) is 2.37. The number of benzene rings is 1. The Kier molecular flexibility index (Phi) is 5.32. The van der Waals surface area contributed by atoms with Crippen molar-refractivity contribution in [3.8, 4) is 0 Å². The molecule has 0 spiro atoms. The molecule has 0 aliphatic rings. The highest BCUT2D eigenvalue weighted by Gasteiger charge is 2.07. The Labute approximate surface area is 107 Å². The van der Waals surface area contributed by atoms with Gasteiger partial charge in [0.1, 0.15) is 0 Å². The van der Waals surface area contributed by atoms with Crippen LogP contribution in [0, 0.1) is 0 Å². The first-order valence-electron chi connectivity index (χ1n) is 5.95. The van der Waals surface area contributed by atoms with Crippen molar-refractivity contribution >= 4 is 17.5 Å². The van der Waals surface area contributed by atoms with Gasteiger partial charge in [-0.15, -0.1) is 0 Å². The van der Waals surface area contributed by atoms with Gasteiger partial charge < -0.3 is 16.4 Å². The van der Waals surface area contributed by atoms with Crippen LogP contribution < -0.4 is 16.4 Å². The highest BCUT2D eigenvalue weighted by Crippen LogP contribution is 2.10. The molecule has 0 bridgehead atoms. The van der Waals surface area contributed by atoms with Crippen LogP contribution >= 0.6 is 0 Å². The average molecular weight is 249 g/mol. The Hall–Kier alpha value is -1.88. The molecule has 1 atom stereocenters. The fourth-order valence-corrected chi connectivity index (χ4v) is 1.41. The summed E-state index contributed by atoms with van der Waals surface area (Å²) < 4.78 is 0. The molecule has 0 saturated carbocycles. The number of anilines is 1. The minimum absolute atomic E-state index is 0.00938. The number of hydrogen-bond acceptors (Lipinski definition) is 3. The Bertz CT molecular complexity index is 413. The van der Waals surface area contributed by atoms with Crippen molar-refractivity contribution in [2.24, 2.45) is 5.73 Å². The predicted molar refractivity (Wildman–Crippen MR) is 71.1 cm³/mol. The summed E-state index contributed by atoms with van der Waals surface area (Å²) in [4.78, 5) is 22.7. The van der Waals surface area contributed by atoms with Crippen molar-refractivity contribution in [2.45, 2.75) is 26.3 Å². The molecular weight excluding hydrogens is 230 g/mol. The van der Waals surface area contributed by atoms with E-state index in [0.717, 1.165) is 5.56 Å². The highest BCUT2D eigenvalue weighted by atomic mass is 16.2. The van der Waals surface area contributed by atoms with Gasteiger partial charge in [0.2, 0.25) is 11.8 Å². The minimum Gasteiger partial charge on any atom is -0.356 e. The summed E-state index contributed by atoms with van der Waals surface area (Å²) in [5.41, 5.74) is 7.03. The van der Waals surface area contributed by atoms with Crippen LogP contribution in [0.5, 0.6) is 0 Å². The van der Waals surface area contributed by atoms with Crippen molar-refractivity contribution in [2.75, 3.05) is 11.9 Å². The van der Waals surface area contributed by atoms with E-state index in [2.05, 4.69) is 10.6 Å². The summed E-state index contributed by atoms with van der Waals surface area (Å²) >= 11 is 0. The predicted octanol–water partition coefficient (Wildman–Crippen LogP) is 0.651. The van der Waals surface area contributed by atoms with Crippen LogP contribution in [-0.2, 0) is 16.0 Å². The van der Waals surface area contributed by atoms with Gasteiger partial charge in [0.15, 0.2) is 0 Å². The molecule has 1 aromatic carbocycles. The van der Waals surface area contributed by atoms with E-state index in [1.54, 1.807) is 19.1 Å². The fourth-order valence-electron chi connectivity index (χ4n) is 1.41. The van der Waals surface area contributed by atoms with E-state index in [4.69, 9.17) is 5.73 Å². The maximum Gasteiger partial charge on any atom is 0.240 e. The number of carbonyl (C=O) groups excluding carboxylic acids is 2. The molecule has 0 fully saturated rings. The Morgan fingerprint density at radius 3 is 2.39 bits per heavy atom. The summed E-state index contributed by atoms with van der Waals surface area (Å²) in [7, 11) is 0. The molecule has 0 radical (unpaired) electrons. The lowest BCUT2D eigenvalue weighted by atomic mass is 10.1. The standard InChI is InChI=1S/C13H19N3O2/c1-3-15-12(17)8-10-4-6-11(7-5-10)16-13(18)9(2)14/h4-7,9H,3,8,14H2,1-2H3,(H,15,17)(H,16,18)/t9-/m1/s1. The number of rotatable bonds is 5. The molecule has 98 valence electrons. The van der Waals surface area contributed by atoms with E-state index in [9.17, 15) is 9.59 Å². The third-order valence-corrected chi connectivity index (χ3v) is 2.37. The van der Waals surface area contributed by atoms with Crippen molar-refractivity contribution in [1.82, 2.24) is 5.32 Å². The topological polar surface area (TPSA) is 84.2 Å². The molecule has 0 heterocycles. The fraction of sp³-hybridized carbons (Fsp3) is 0.385. The Morgan fingerprint density at radius 2 is 1.89 bits per heavy atom. The second-order valence-electron chi connectivity index (χ2n) is 4.11. The zero-order chi connectivity index (χ0) is 13.5. The zero-order valence-corrected chi connectivity index (χ0v) is 10.7. The summed E-state index contributed by atoms with van der Waals surface area (Å²) in [6.07, 6.45) is 0.343. The quantitative estimate of drug-likeness (QED) is 0.716. The molecular formula is C13H19N3O2. The van der Waals surface area contributed by atoms with Crippen LogP contribution in [0.25, 0.3) is 0 Å². The van der Waals surface area contributed by atoms with Crippen LogP contribution in [-0.4, -0.2) is 24.4 Å². The molecule has 0 aromatic heterocycles. The largest absolute Gasteiger partial charge is 0.356 e. The Balaban J connectivity index is 2.57. The first-order valence-corrected chi connectivity index (χ1v) is 5.95. The summed E-state index contributed by atoms with van der Waals surface area (Å²) in [5, 5.41) is 5.41. The second kappa shape index (κ2) is 6.76. The first kappa shape index (κ1) is 14.2. The normalized spacial score (nSPS) is 11.7. The van der Waals surface area contributed by atoms with Gasteiger partial charge >= 0.3 is 0 Å². The highest BCUT2D eigenvalue weighted by molar-refractivity contribution is 5.94. The number of amides is 2. The van der Waals surface area contributed by atoms with Gasteiger partial charge in [-0.3, -0.25) is 9.59 Å². The SMILES string of the molecule is CCNC(=O)Cc1ccc(NC(=O)[C@@H](C)N)cc1. The van der Waals surface area contributed by atoms with Crippen molar-refractivity contribution in [3.63, 3.8) is 0 Å². The second-order valence-corrected chi connectivity index (χ2v) is 4.11. The lowest BCUT2D eigenvalue weighted by molar-refractivity contribution is -0.120. The average Bonchev–Trinajstić information content (AvgIpc) is 2.31. The summed E-state index contributed by atoms with van der Waals surface area (Å²) in [6, 6.07) is 6.60. The number of carbonyl (C=O) groups is 2. The third kappa shape index (κ3) is 4.55. The van der Waals surface area contributed by atoms with E-state index >= 15 is 0 Å². The van der Waals surface area contributed by atoms with Crippen LogP contribution in [0.3, 0.4) is 0 Å². The smallest absolute Gasteiger partial charge is 0.240 e. The molecule has 0 saturated heterocycles. The van der Waals surface area contributed by atoms with Gasteiger partial charge in [0.25, 0.3) is 0 Å². The molecule has 0 aliphatic heterocycles. The molecule has 1 rings (SSSR count). The van der Waals surface area contributed by atoms with Crippen LogP contribution in [0.2, 0.25) is 0 Å².